The second-order valence-corrected chi connectivity index (χ2v) is 3.23. The van der Waals surface area contributed by atoms with Crippen molar-refractivity contribution in [3.63, 3.8) is 0 Å². The van der Waals surface area contributed by atoms with Crippen LogP contribution in [0, 0.1) is 5.82 Å². The van der Waals surface area contributed by atoms with Gasteiger partial charge in [-0.3, -0.25) is 4.79 Å². The summed E-state index contributed by atoms with van der Waals surface area (Å²) in [5, 5.41) is 0. The summed E-state index contributed by atoms with van der Waals surface area (Å²) >= 11 is 3.15. The highest BCUT2D eigenvalue weighted by Crippen LogP contribution is 2.20. The lowest BCUT2D eigenvalue weighted by atomic mass is 10.2. The number of amides is 1. The number of benzene rings is 1. The average molecular weight is 244 g/mol. The van der Waals surface area contributed by atoms with Crippen molar-refractivity contribution < 1.29 is 9.18 Å². The van der Waals surface area contributed by atoms with E-state index in [0.717, 1.165) is 6.08 Å². The van der Waals surface area contributed by atoms with Crippen molar-refractivity contribution in [1.82, 2.24) is 0 Å². The number of primary amides is 1. The number of nitrogens with two attached hydrogens (primary N) is 1. The zero-order chi connectivity index (χ0) is 9.84. The van der Waals surface area contributed by atoms with Gasteiger partial charge in [-0.25, -0.2) is 4.39 Å². The lowest BCUT2D eigenvalue weighted by Crippen LogP contribution is -2.05. The molecule has 0 radical (unpaired) electrons. The maximum Gasteiger partial charge on any atom is 0.241 e. The molecule has 0 aliphatic carbocycles. The van der Waals surface area contributed by atoms with Crippen molar-refractivity contribution in [2.24, 2.45) is 5.73 Å². The first-order chi connectivity index (χ1) is 6.11. The van der Waals surface area contributed by atoms with Gasteiger partial charge in [0.25, 0.3) is 0 Å². The van der Waals surface area contributed by atoms with Gasteiger partial charge in [0.15, 0.2) is 0 Å². The molecule has 1 amide bonds. The summed E-state index contributed by atoms with van der Waals surface area (Å²) in [5.74, 6) is -0.998. The Kier molecular flexibility index (Phi) is 3.19. The van der Waals surface area contributed by atoms with E-state index in [1.807, 2.05) is 0 Å². The van der Waals surface area contributed by atoms with Crippen LogP contribution in [0.5, 0.6) is 0 Å². The number of rotatable bonds is 2. The SMILES string of the molecule is NC(=O)C=Cc1c(F)cccc1Br. The predicted molar refractivity (Wildman–Crippen MR) is 52.3 cm³/mol. The van der Waals surface area contributed by atoms with Crippen LogP contribution in [0.15, 0.2) is 28.7 Å². The first-order valence-electron chi connectivity index (χ1n) is 3.53. The van der Waals surface area contributed by atoms with Crippen LogP contribution in [0.25, 0.3) is 6.08 Å². The van der Waals surface area contributed by atoms with E-state index in [4.69, 9.17) is 5.73 Å². The van der Waals surface area contributed by atoms with E-state index in [2.05, 4.69) is 15.9 Å². The fraction of sp³-hybridized carbons (Fsp3) is 0. The zero-order valence-electron chi connectivity index (χ0n) is 6.63. The van der Waals surface area contributed by atoms with Crippen LogP contribution in [0.3, 0.4) is 0 Å². The molecule has 0 aliphatic heterocycles. The number of hydrogen-bond donors (Lipinski definition) is 1. The fourth-order valence-corrected chi connectivity index (χ4v) is 1.31. The van der Waals surface area contributed by atoms with Gasteiger partial charge < -0.3 is 5.73 Å². The molecule has 1 aromatic rings. The molecule has 0 fully saturated rings. The molecule has 68 valence electrons. The monoisotopic (exact) mass is 243 g/mol. The van der Waals surface area contributed by atoms with Gasteiger partial charge in [-0.2, -0.15) is 0 Å². The van der Waals surface area contributed by atoms with Crippen molar-refractivity contribution >= 4 is 27.9 Å². The number of carbonyl (C=O) groups excluding carboxylic acids is 1. The number of hydrogen-bond acceptors (Lipinski definition) is 1. The van der Waals surface area contributed by atoms with Crippen LogP contribution in [0.2, 0.25) is 0 Å². The largest absolute Gasteiger partial charge is 0.366 e. The molecule has 1 rings (SSSR count). The molecule has 13 heavy (non-hydrogen) atoms. The van der Waals surface area contributed by atoms with Crippen LogP contribution in [-0.4, -0.2) is 5.91 Å². The highest BCUT2D eigenvalue weighted by atomic mass is 79.9. The standard InChI is InChI=1S/C9H7BrFNO/c10-7-2-1-3-8(11)6(7)4-5-9(12)13/h1-5H,(H2,12,13). The third-order valence-electron chi connectivity index (χ3n) is 1.41. The van der Waals surface area contributed by atoms with E-state index in [1.165, 1.54) is 12.1 Å². The van der Waals surface area contributed by atoms with Crippen LogP contribution in [0.4, 0.5) is 4.39 Å². The van der Waals surface area contributed by atoms with Gasteiger partial charge in [0.1, 0.15) is 5.82 Å². The maximum atomic E-state index is 13.1. The van der Waals surface area contributed by atoms with Crippen LogP contribution in [0.1, 0.15) is 5.56 Å². The van der Waals surface area contributed by atoms with E-state index < -0.39 is 11.7 Å². The molecule has 0 heterocycles. The van der Waals surface area contributed by atoms with Crippen LogP contribution < -0.4 is 5.73 Å². The maximum absolute atomic E-state index is 13.1. The summed E-state index contributed by atoms with van der Waals surface area (Å²) in [4.78, 5) is 10.4. The Morgan fingerprint density at radius 2 is 2.23 bits per heavy atom. The Labute approximate surface area is 83.4 Å². The molecule has 0 aromatic heterocycles. The van der Waals surface area contributed by atoms with Gasteiger partial charge in [0, 0.05) is 16.1 Å². The molecular formula is C9H7BrFNO. The summed E-state index contributed by atoms with van der Waals surface area (Å²) in [6.07, 6.45) is 2.45. The summed E-state index contributed by atoms with van der Waals surface area (Å²) in [5.41, 5.74) is 5.20. The third kappa shape index (κ3) is 2.66. The highest BCUT2D eigenvalue weighted by molar-refractivity contribution is 9.10. The predicted octanol–water partition coefficient (Wildman–Crippen LogP) is 2.09. The average Bonchev–Trinajstić information content (AvgIpc) is 2.03. The quantitative estimate of drug-likeness (QED) is 0.795. The Hall–Kier alpha value is -1.16. The van der Waals surface area contributed by atoms with Crippen molar-refractivity contribution in [2.45, 2.75) is 0 Å². The van der Waals surface area contributed by atoms with E-state index in [-0.39, 0.29) is 0 Å². The van der Waals surface area contributed by atoms with Crippen LogP contribution >= 0.6 is 15.9 Å². The van der Waals surface area contributed by atoms with Crippen molar-refractivity contribution in [2.75, 3.05) is 0 Å². The molecule has 2 nitrogen and oxygen atoms in total. The van der Waals surface area contributed by atoms with E-state index >= 15 is 0 Å². The van der Waals surface area contributed by atoms with Crippen LogP contribution in [-0.2, 0) is 4.79 Å². The summed E-state index contributed by atoms with van der Waals surface area (Å²) in [6.45, 7) is 0. The smallest absolute Gasteiger partial charge is 0.241 e. The van der Waals surface area contributed by atoms with E-state index in [9.17, 15) is 9.18 Å². The lowest BCUT2D eigenvalue weighted by Gasteiger charge is -1.98. The van der Waals surface area contributed by atoms with Gasteiger partial charge in [0.05, 0.1) is 0 Å². The molecular weight excluding hydrogens is 237 g/mol. The van der Waals surface area contributed by atoms with Crippen molar-refractivity contribution in [1.29, 1.82) is 0 Å². The van der Waals surface area contributed by atoms with Gasteiger partial charge in [-0.1, -0.05) is 22.0 Å². The summed E-state index contributed by atoms with van der Waals surface area (Å²) in [7, 11) is 0. The molecule has 0 saturated heterocycles. The number of carbonyl (C=O) groups is 1. The molecule has 1 aromatic carbocycles. The molecule has 0 bridgehead atoms. The second kappa shape index (κ2) is 4.18. The van der Waals surface area contributed by atoms with Crippen molar-refractivity contribution in [3.05, 3.63) is 40.1 Å². The summed E-state index contributed by atoms with van der Waals surface area (Å²) < 4.78 is 13.7. The summed E-state index contributed by atoms with van der Waals surface area (Å²) in [6, 6.07) is 4.57. The molecule has 0 aliphatic rings. The Balaban J connectivity index is 3.06. The number of halogens is 2. The molecule has 0 saturated carbocycles. The van der Waals surface area contributed by atoms with Gasteiger partial charge in [0.2, 0.25) is 5.91 Å². The normalized spacial score (nSPS) is 10.6. The minimum atomic E-state index is -0.602. The molecule has 4 heteroatoms. The molecule has 0 spiro atoms. The first kappa shape index (κ1) is 9.92. The minimum absolute atomic E-state index is 0.321. The fourth-order valence-electron chi connectivity index (χ4n) is 0.835. The van der Waals surface area contributed by atoms with Gasteiger partial charge in [-0.05, 0) is 18.2 Å². The highest BCUT2D eigenvalue weighted by Gasteiger charge is 2.01. The van der Waals surface area contributed by atoms with Crippen molar-refractivity contribution in [3.8, 4) is 0 Å². The molecule has 0 unspecified atom stereocenters. The Morgan fingerprint density at radius 1 is 1.54 bits per heavy atom. The lowest BCUT2D eigenvalue weighted by molar-refractivity contribution is -0.113. The first-order valence-corrected chi connectivity index (χ1v) is 4.32. The molecule has 0 atom stereocenters. The van der Waals surface area contributed by atoms with E-state index in [0.29, 0.717) is 10.0 Å². The molecule has 2 N–H and O–H groups in total. The second-order valence-electron chi connectivity index (χ2n) is 2.37. The van der Waals surface area contributed by atoms with Gasteiger partial charge >= 0.3 is 0 Å². The Morgan fingerprint density at radius 3 is 2.77 bits per heavy atom. The van der Waals surface area contributed by atoms with Gasteiger partial charge in [-0.15, -0.1) is 0 Å². The minimum Gasteiger partial charge on any atom is -0.366 e. The third-order valence-corrected chi connectivity index (χ3v) is 2.11. The topological polar surface area (TPSA) is 43.1 Å². The zero-order valence-corrected chi connectivity index (χ0v) is 8.21. The Bertz CT molecular complexity index is 342. The van der Waals surface area contributed by atoms with E-state index in [1.54, 1.807) is 12.1 Å².